The van der Waals surface area contributed by atoms with Gasteiger partial charge in [-0.25, -0.2) is 14.3 Å². The number of hydrogen-bond acceptors (Lipinski definition) is 6. The summed E-state index contributed by atoms with van der Waals surface area (Å²) in [4.78, 5) is 16.5. The molecule has 0 aliphatic heterocycles. The second kappa shape index (κ2) is 12.5. The number of carbonyl (C=O) groups excluding carboxylic acids is 1. The smallest absolute Gasteiger partial charge is 0.413 e. The zero-order valence-electron chi connectivity index (χ0n) is 22.8. The molecule has 1 aliphatic rings. The summed E-state index contributed by atoms with van der Waals surface area (Å²) in [7, 11) is -1.15. The van der Waals surface area contributed by atoms with Gasteiger partial charge in [0.05, 0.1) is 12.4 Å². The monoisotopic (exact) mass is 534 g/mol. The molecule has 204 valence electrons. The number of aromatic amines is 1. The van der Waals surface area contributed by atoms with E-state index in [0.717, 1.165) is 42.8 Å². The fraction of sp³-hybridized carbons (Fsp3) is 0.577. The number of anilines is 1. The predicted molar refractivity (Wildman–Crippen MR) is 144 cm³/mol. The number of benzene rings is 1. The summed E-state index contributed by atoms with van der Waals surface area (Å²) in [5, 5.41) is 9.32. The van der Waals surface area contributed by atoms with Crippen LogP contribution in [0.15, 0.2) is 36.2 Å². The Morgan fingerprint density at radius 3 is 2.54 bits per heavy atom. The zero-order chi connectivity index (χ0) is 27.1. The Kier molecular flexibility index (Phi) is 9.72. The lowest BCUT2D eigenvalue weighted by Gasteiger charge is -2.20. The number of H-pyrrole nitrogens is 1. The number of carbonyl (C=O) groups is 1. The molecule has 0 atom stereocenters. The van der Waals surface area contributed by atoms with E-state index in [1.54, 1.807) is 32.9 Å². The molecule has 0 spiro atoms. The molecule has 0 bridgehead atoms. The van der Waals surface area contributed by atoms with Crippen LogP contribution in [0.25, 0.3) is 11.4 Å². The lowest BCUT2D eigenvalue weighted by atomic mass is 10.2. The van der Waals surface area contributed by atoms with Gasteiger partial charge in [-0.1, -0.05) is 19.6 Å². The number of rotatable bonds is 13. The molecule has 11 heteroatoms. The van der Waals surface area contributed by atoms with Gasteiger partial charge in [-0.2, -0.15) is 0 Å². The molecule has 3 rings (SSSR count). The van der Waals surface area contributed by atoms with E-state index in [9.17, 15) is 9.18 Å². The number of ether oxygens (including phenoxy) is 3. The number of aromatic nitrogens is 3. The van der Waals surface area contributed by atoms with E-state index in [4.69, 9.17) is 19.2 Å². The second-order valence-corrected chi connectivity index (χ2v) is 17.1. The second-order valence-electron chi connectivity index (χ2n) is 11.5. The van der Waals surface area contributed by atoms with Crippen molar-refractivity contribution >= 4 is 20.1 Å². The molecular weight excluding hydrogens is 493 g/mol. The maximum Gasteiger partial charge on any atom is 0.413 e. The molecule has 3 N–H and O–H groups in total. The molecule has 9 nitrogen and oxygen atoms in total. The molecule has 1 aliphatic carbocycles. The Hall–Kier alpha value is -2.92. The Morgan fingerprint density at radius 2 is 1.95 bits per heavy atom. The van der Waals surface area contributed by atoms with Crippen molar-refractivity contribution in [1.82, 2.24) is 15.4 Å². The first-order valence-corrected chi connectivity index (χ1v) is 16.4. The van der Waals surface area contributed by atoms with Crippen molar-refractivity contribution in [2.24, 2.45) is 0 Å². The molecule has 0 unspecified atom stereocenters. The molecule has 2 aromatic rings. The number of nitrogens with zero attached hydrogens (tertiary/aromatic N) is 2. The Labute approximate surface area is 219 Å². The molecule has 1 aromatic heterocycles. The van der Waals surface area contributed by atoms with Crippen LogP contribution in [0.2, 0.25) is 25.7 Å². The van der Waals surface area contributed by atoms with Crippen LogP contribution >= 0.6 is 0 Å². The molecular formula is C26H41FN5O4Si+. The third kappa shape index (κ3) is 10.5. The maximum atomic E-state index is 13.3. The van der Waals surface area contributed by atoms with Gasteiger partial charge in [0, 0.05) is 32.4 Å². The van der Waals surface area contributed by atoms with Crippen molar-refractivity contribution in [2.45, 2.75) is 77.7 Å². The molecule has 0 radical (unpaired) electrons. The van der Waals surface area contributed by atoms with Crippen molar-refractivity contribution in [3.63, 3.8) is 0 Å². The first-order chi connectivity index (χ1) is 17.4. The van der Waals surface area contributed by atoms with Gasteiger partial charge in [-0.15, -0.1) is 4.68 Å². The summed E-state index contributed by atoms with van der Waals surface area (Å²) >= 11 is 0. The number of halogens is 1. The fourth-order valence-electron chi connectivity index (χ4n) is 3.16. The van der Waals surface area contributed by atoms with Gasteiger partial charge in [-0.05, 0) is 68.9 Å². The van der Waals surface area contributed by atoms with Crippen LogP contribution in [0.4, 0.5) is 15.1 Å². The van der Waals surface area contributed by atoms with E-state index >= 15 is 0 Å². The van der Waals surface area contributed by atoms with Crippen LogP contribution in [-0.2, 0) is 16.2 Å². The average molecular weight is 535 g/mol. The van der Waals surface area contributed by atoms with Crippen LogP contribution in [0.3, 0.4) is 0 Å². The fourth-order valence-corrected chi connectivity index (χ4v) is 3.91. The SMILES string of the molecule is CC(C)(C)OC(=O)NC/C(=C\F)COc1ccc(-c2nc(NC3CC3)[n+](COCC[Si](C)(C)C)[nH]2)cc1. The summed E-state index contributed by atoms with van der Waals surface area (Å²) < 4.78 is 32.0. The Bertz CT molecular complexity index is 1060. The third-order valence-corrected chi connectivity index (χ3v) is 7.11. The Morgan fingerprint density at radius 1 is 1.24 bits per heavy atom. The van der Waals surface area contributed by atoms with E-state index in [-0.39, 0.29) is 18.7 Å². The van der Waals surface area contributed by atoms with Gasteiger partial charge >= 0.3 is 12.0 Å². The summed E-state index contributed by atoms with van der Waals surface area (Å²) in [6, 6.07) is 8.96. The van der Waals surface area contributed by atoms with Crippen LogP contribution in [0.5, 0.6) is 5.75 Å². The van der Waals surface area contributed by atoms with Crippen LogP contribution in [0, 0.1) is 0 Å². The lowest BCUT2D eigenvalue weighted by molar-refractivity contribution is -0.769. The number of alkyl carbamates (subject to hydrolysis) is 1. The highest BCUT2D eigenvalue weighted by Gasteiger charge is 2.30. The van der Waals surface area contributed by atoms with E-state index in [0.29, 0.717) is 24.9 Å². The molecule has 1 amide bonds. The summed E-state index contributed by atoms with van der Waals surface area (Å²) in [5.41, 5.74) is 0.553. The zero-order valence-corrected chi connectivity index (χ0v) is 23.8. The predicted octanol–water partition coefficient (Wildman–Crippen LogP) is 5.01. The van der Waals surface area contributed by atoms with Crippen molar-refractivity contribution in [3.8, 4) is 17.1 Å². The van der Waals surface area contributed by atoms with E-state index in [1.165, 1.54) is 0 Å². The normalized spacial score (nSPS) is 14.4. The van der Waals surface area contributed by atoms with Crippen LogP contribution in [0.1, 0.15) is 33.6 Å². The highest BCUT2D eigenvalue weighted by Crippen LogP contribution is 2.24. The lowest BCUT2D eigenvalue weighted by Crippen LogP contribution is -2.40. The van der Waals surface area contributed by atoms with Crippen LogP contribution < -0.4 is 20.1 Å². The minimum absolute atomic E-state index is 0.00336. The largest absolute Gasteiger partial charge is 0.489 e. The number of hydrogen-bond donors (Lipinski definition) is 3. The minimum Gasteiger partial charge on any atom is -0.489 e. The molecule has 1 heterocycles. The van der Waals surface area contributed by atoms with Crippen LogP contribution in [-0.4, -0.2) is 55.7 Å². The van der Waals surface area contributed by atoms with Crippen molar-refractivity contribution < 1.29 is 28.1 Å². The van der Waals surface area contributed by atoms with E-state index in [2.05, 4.69) is 35.4 Å². The number of amides is 1. The number of nitrogens with one attached hydrogen (secondary N) is 3. The highest BCUT2D eigenvalue weighted by atomic mass is 28.3. The van der Waals surface area contributed by atoms with Gasteiger partial charge < -0.3 is 19.5 Å². The van der Waals surface area contributed by atoms with Gasteiger partial charge in [0.15, 0.2) is 6.73 Å². The molecule has 37 heavy (non-hydrogen) atoms. The standard InChI is InChI=1S/C26H40FN5O4Si/c1-26(2,3)36-25(33)28-16-19(15-27)17-35-22-11-7-20(8-12-22)23-30-24(29-21-9-10-21)32(31-23)18-34-13-14-37(4,5)6/h7-8,11-12,15,21H,9-10,13-14,16-18H2,1-6H3,(H2,28,29,30,31,33)/p+1/b19-15+. The first-order valence-electron chi connectivity index (χ1n) is 12.7. The highest BCUT2D eigenvalue weighted by molar-refractivity contribution is 6.76. The topological polar surface area (TPSA) is 101 Å². The molecule has 1 saturated carbocycles. The van der Waals surface area contributed by atoms with E-state index < -0.39 is 19.8 Å². The minimum atomic E-state index is -1.15. The summed E-state index contributed by atoms with van der Waals surface area (Å²) in [5.74, 6) is 2.06. The van der Waals surface area contributed by atoms with Gasteiger partial charge in [0.2, 0.25) is 5.82 Å². The molecule has 1 aromatic carbocycles. The maximum absolute atomic E-state index is 13.3. The molecule has 1 fully saturated rings. The van der Waals surface area contributed by atoms with Gasteiger partial charge in [0.1, 0.15) is 18.0 Å². The summed E-state index contributed by atoms with van der Waals surface area (Å²) in [6.07, 6.45) is 2.12. The third-order valence-electron chi connectivity index (χ3n) is 5.41. The first kappa shape index (κ1) is 28.6. The quantitative estimate of drug-likeness (QED) is 0.190. The summed E-state index contributed by atoms with van der Waals surface area (Å²) in [6.45, 7) is 13.4. The van der Waals surface area contributed by atoms with Gasteiger partial charge in [0.25, 0.3) is 0 Å². The van der Waals surface area contributed by atoms with Crippen molar-refractivity contribution in [3.05, 3.63) is 36.2 Å². The molecule has 0 saturated heterocycles. The van der Waals surface area contributed by atoms with Crippen molar-refractivity contribution in [1.29, 1.82) is 0 Å². The van der Waals surface area contributed by atoms with E-state index in [1.807, 2.05) is 16.8 Å². The Balaban J connectivity index is 1.55. The van der Waals surface area contributed by atoms with Crippen molar-refractivity contribution in [2.75, 3.05) is 25.1 Å². The van der Waals surface area contributed by atoms with Gasteiger partial charge in [-0.3, -0.25) is 5.32 Å². The average Bonchev–Trinajstić information content (AvgIpc) is 3.53.